The molecular weight excluding hydrogens is 1480 g/mol. The zero-order chi connectivity index (χ0) is 84.6. The SMILES string of the molecule is C#CC1=C(C(C)C)N=S=N1.C#Cc1n[nH]nc1C(C)C.C#Cc1ncnn1C(C)C.C#Cc1ncoc1C(C)C.C#Cc1ncsc1C(C)C.C#Cc1nncn1C(C)C.C#Cc1nnsc1C(C)C.C#Cc1nscc1C(C)C.CC(C)c1cncnc1C#N.CC(C)c1nc(C#N)n[nH]1.CC(C)c1nccnc1C#N. The van der Waals surface area contributed by atoms with Crippen LogP contribution in [-0.4, -0.2) is 104 Å². The molecule has 0 amide bonds. The minimum atomic E-state index is 0.212. The molecule has 0 unspecified atom stereocenters. The molecule has 0 saturated carbocycles. The van der Waals surface area contributed by atoms with Crippen LogP contribution in [0.25, 0.3) is 0 Å². The molecule has 11 heterocycles. The summed E-state index contributed by atoms with van der Waals surface area (Å²) in [4.78, 5) is 33.6. The van der Waals surface area contributed by atoms with Crippen molar-refractivity contribution in [2.24, 2.45) is 14.6 Å². The van der Waals surface area contributed by atoms with Gasteiger partial charge in [0.25, 0.3) is 5.82 Å². The lowest BCUT2D eigenvalue weighted by Crippen LogP contribution is -2.05. The van der Waals surface area contributed by atoms with Crippen LogP contribution in [0, 0.1) is 139 Å². The van der Waals surface area contributed by atoms with Crippen LogP contribution in [0.3, 0.4) is 0 Å². The van der Waals surface area contributed by atoms with Gasteiger partial charge in [0.05, 0.1) is 33.1 Å². The number of aromatic nitrogens is 21. The van der Waals surface area contributed by atoms with Gasteiger partial charge in [-0.25, -0.2) is 39.6 Å². The summed E-state index contributed by atoms with van der Waals surface area (Å²) in [5.41, 5.74) is 11.6. The monoisotopic (exact) mass is 1580 g/mol. The fourth-order valence-electron chi connectivity index (χ4n) is 8.16. The third-order valence-electron chi connectivity index (χ3n) is 13.9. The van der Waals surface area contributed by atoms with E-state index in [1.807, 2.05) is 125 Å². The summed E-state index contributed by atoms with van der Waals surface area (Å²) >= 11 is 5.61. The number of allylic oxidation sites excluding steroid dienone is 2. The average Bonchev–Trinajstić information content (AvgIpc) is 1.85. The van der Waals surface area contributed by atoms with Crippen molar-refractivity contribution in [3.8, 4) is 117 Å². The zero-order valence-corrected chi connectivity index (χ0v) is 70.7. The van der Waals surface area contributed by atoms with Crippen molar-refractivity contribution >= 4 is 45.8 Å². The van der Waals surface area contributed by atoms with E-state index >= 15 is 0 Å². The molecule has 10 aromatic rings. The maximum atomic E-state index is 8.63. The van der Waals surface area contributed by atoms with Crippen molar-refractivity contribution in [2.75, 3.05) is 0 Å². The molecular formula is C81H96N26OS4. The lowest BCUT2D eigenvalue weighted by atomic mass is 10.0. The first-order valence-corrected chi connectivity index (χ1v) is 38.1. The Morgan fingerprint density at radius 1 is 0.491 bits per heavy atom. The van der Waals surface area contributed by atoms with E-state index in [0.717, 1.165) is 50.5 Å². The van der Waals surface area contributed by atoms with E-state index in [0.29, 0.717) is 99.2 Å². The average molecular weight is 1580 g/mol. The van der Waals surface area contributed by atoms with E-state index in [9.17, 15) is 0 Å². The van der Waals surface area contributed by atoms with Crippen LogP contribution in [0.15, 0.2) is 79.4 Å². The molecule has 112 heavy (non-hydrogen) atoms. The van der Waals surface area contributed by atoms with Gasteiger partial charge in [-0.1, -0.05) is 129 Å². The number of terminal acetylenes is 8. The number of thiazole rings is 1. The lowest BCUT2D eigenvalue weighted by Gasteiger charge is -2.04. The van der Waals surface area contributed by atoms with Gasteiger partial charge in [-0.2, -0.15) is 44.3 Å². The van der Waals surface area contributed by atoms with Crippen molar-refractivity contribution in [2.45, 2.75) is 212 Å². The van der Waals surface area contributed by atoms with Crippen LogP contribution < -0.4 is 0 Å². The number of nitriles is 3. The number of rotatable bonds is 11. The predicted octanol–water partition coefficient (Wildman–Crippen LogP) is 16.2. The van der Waals surface area contributed by atoms with Gasteiger partial charge >= 0.3 is 0 Å². The Labute approximate surface area is 676 Å². The van der Waals surface area contributed by atoms with Gasteiger partial charge in [0.15, 0.2) is 29.2 Å². The van der Waals surface area contributed by atoms with Gasteiger partial charge in [0.1, 0.15) is 77.2 Å². The standard InChI is InChI=1S/2C8H9N3.C8H9NO.2C8H9NS.3C7H9N3.2C7H8N2S.C6H8N4/c1-6(2)7-4-10-5-11-8(7)3-9;1-6(2)8-7(5-9)10-3-4-11-8;1-4-7-8(6(2)3)10-5-9-7;1-4-8-7(6(2)3)5-10-9-8;1-4-7-8(6(2)3)10-5-9-7;1-4-7-9-8-5-10(7)6(2)3;1-4-7-8-5-9-10(7)6(2)3;1-4-6-7(5(2)3)9-10-8-6;1-4-6-7(5(2)3)10-9-8-6;1-4-6-7(5(2)3)9-10-8-6;1-4(2)6-8-5(3-7)9-10-6/h4-6H,1-2H3;3-4,6H,1-2H3;5*1,5-6H,2-3H3;1,5H,2-3H3,(H,8,9,10);2*1,5H,2-3H3;4H,1-2H3,(H,8,9,10). The van der Waals surface area contributed by atoms with E-state index < -0.39 is 0 Å². The molecule has 0 fully saturated rings. The van der Waals surface area contributed by atoms with Crippen LogP contribution >= 0.6 is 34.4 Å². The normalized spacial score (nSPS) is 10.3. The van der Waals surface area contributed by atoms with Crippen LogP contribution in [0.4, 0.5) is 0 Å². The Kier molecular flexibility index (Phi) is 46.1. The largest absolute Gasteiger partial charge is 0.447 e. The van der Waals surface area contributed by atoms with Crippen LogP contribution in [0.5, 0.6) is 0 Å². The maximum absolute atomic E-state index is 8.63. The third kappa shape index (κ3) is 33.4. The number of hydrogen-bond donors (Lipinski definition) is 2. The molecule has 0 spiro atoms. The van der Waals surface area contributed by atoms with Gasteiger partial charge in [0, 0.05) is 69.8 Å². The Morgan fingerprint density at radius 3 is 1.51 bits per heavy atom. The minimum Gasteiger partial charge on any atom is -0.447 e. The van der Waals surface area contributed by atoms with E-state index in [2.05, 4.69) is 206 Å². The first-order valence-electron chi connectivity index (χ1n) is 34.9. The Morgan fingerprint density at radius 2 is 1.11 bits per heavy atom. The first kappa shape index (κ1) is 97.3. The molecule has 0 aliphatic carbocycles. The minimum absolute atomic E-state index is 0.212. The summed E-state index contributed by atoms with van der Waals surface area (Å²) < 4.78 is 24.5. The van der Waals surface area contributed by atoms with Crippen molar-refractivity contribution in [3.63, 3.8) is 0 Å². The molecule has 0 radical (unpaired) electrons. The van der Waals surface area contributed by atoms with Crippen LogP contribution in [0.1, 0.15) is 313 Å². The second-order valence-electron chi connectivity index (χ2n) is 26.1. The molecule has 0 saturated heterocycles. The van der Waals surface area contributed by atoms with Gasteiger partial charge in [0.2, 0.25) is 11.6 Å². The summed E-state index contributed by atoms with van der Waals surface area (Å²) in [7, 11) is 0. The molecule has 10 aromatic heterocycles. The molecule has 580 valence electrons. The smallest absolute Gasteiger partial charge is 0.252 e. The number of H-pyrrole nitrogens is 2. The highest BCUT2D eigenvalue weighted by Gasteiger charge is 2.15. The number of nitrogens with one attached hydrogen (secondary N) is 2. The van der Waals surface area contributed by atoms with Crippen molar-refractivity contribution in [3.05, 3.63) is 167 Å². The highest BCUT2D eigenvalue weighted by Crippen LogP contribution is 2.25. The molecule has 1 aliphatic rings. The molecule has 0 aromatic carbocycles. The van der Waals surface area contributed by atoms with Gasteiger partial charge < -0.3 is 8.98 Å². The fraction of sp³-hybridized carbons (Fsp3) is 0.407. The highest BCUT2D eigenvalue weighted by molar-refractivity contribution is 7.57. The van der Waals surface area contributed by atoms with E-state index in [1.165, 1.54) is 70.1 Å². The topological polar surface area (TPSA) is 370 Å². The van der Waals surface area contributed by atoms with Crippen molar-refractivity contribution in [1.82, 2.24) is 104 Å². The number of aromatic amines is 2. The summed E-state index contributed by atoms with van der Waals surface area (Å²) in [6.07, 6.45) is 52.2. The second kappa shape index (κ2) is 53.1. The molecule has 1 aliphatic heterocycles. The Balaban J connectivity index is 0.000000616. The predicted molar refractivity (Wildman–Crippen MR) is 444 cm³/mol. The van der Waals surface area contributed by atoms with Gasteiger partial charge in [-0.3, -0.25) is 10.1 Å². The van der Waals surface area contributed by atoms with Crippen molar-refractivity contribution in [1.29, 1.82) is 15.8 Å². The number of hydrogen-bond acceptors (Lipinski definition) is 26. The molecule has 31 heteroatoms. The van der Waals surface area contributed by atoms with E-state index in [-0.39, 0.29) is 17.8 Å². The maximum Gasteiger partial charge on any atom is 0.252 e. The Bertz CT molecular complexity index is 4470. The summed E-state index contributed by atoms with van der Waals surface area (Å²) in [6, 6.07) is 6.50. The number of nitrogens with zero attached hydrogens (tertiary/aromatic N) is 24. The second-order valence-corrected chi connectivity index (χ2v) is 28.9. The van der Waals surface area contributed by atoms with Gasteiger partial charge in [-0.15, -0.1) is 88.2 Å². The first-order chi connectivity index (χ1) is 53.3. The molecule has 27 nitrogen and oxygen atoms in total. The zero-order valence-electron chi connectivity index (χ0n) is 67.4. The van der Waals surface area contributed by atoms with Gasteiger partial charge in [-0.05, 0) is 134 Å². The van der Waals surface area contributed by atoms with Crippen LogP contribution in [0.2, 0.25) is 0 Å². The summed E-state index contributed by atoms with van der Waals surface area (Å²) in [5.74, 6) is 26.2. The fourth-order valence-corrected chi connectivity index (χ4v) is 11.0. The number of oxazole rings is 1. The van der Waals surface area contributed by atoms with Crippen molar-refractivity contribution < 1.29 is 4.42 Å². The molecule has 2 N–H and O–H groups in total. The van der Waals surface area contributed by atoms with E-state index in [1.54, 1.807) is 40.3 Å². The Hall–Kier alpha value is -12.7. The molecule has 0 atom stereocenters. The quantitative estimate of drug-likeness (QED) is 0.114. The molecule has 11 rings (SSSR count). The third-order valence-corrected chi connectivity index (χ3v) is 17.3. The van der Waals surface area contributed by atoms with Crippen LogP contribution in [-0.2, 0) is 11.4 Å². The highest BCUT2D eigenvalue weighted by atomic mass is 32.1. The van der Waals surface area contributed by atoms with E-state index in [4.69, 9.17) is 71.6 Å². The molecule has 0 bridgehead atoms. The summed E-state index contributed by atoms with van der Waals surface area (Å²) in [6.45, 7) is 44.9. The summed E-state index contributed by atoms with van der Waals surface area (Å²) in [5, 5.41) is 59.3. The lowest BCUT2D eigenvalue weighted by molar-refractivity contribution is 0.481.